The number of ether oxygens (including phenoxy) is 1. The van der Waals surface area contributed by atoms with Crippen molar-refractivity contribution in [2.75, 3.05) is 14.2 Å². The molecule has 6 heteroatoms. The first-order valence-electron chi connectivity index (χ1n) is 7.66. The number of aromatic nitrogens is 3. The summed E-state index contributed by atoms with van der Waals surface area (Å²) in [6, 6.07) is 3.67. The van der Waals surface area contributed by atoms with E-state index >= 15 is 0 Å². The van der Waals surface area contributed by atoms with Crippen LogP contribution in [0.25, 0.3) is 11.4 Å². The molecule has 0 fully saturated rings. The number of hydrogen-bond acceptors (Lipinski definition) is 6. The third-order valence-corrected chi connectivity index (χ3v) is 3.24. The topological polar surface area (TPSA) is 73.4 Å². The van der Waals surface area contributed by atoms with Gasteiger partial charge in [-0.1, -0.05) is 18.2 Å². The summed E-state index contributed by atoms with van der Waals surface area (Å²) in [7, 11) is 3.31. The van der Waals surface area contributed by atoms with E-state index in [-0.39, 0.29) is 6.10 Å². The van der Waals surface area contributed by atoms with Crippen molar-refractivity contribution in [3.63, 3.8) is 0 Å². The molecule has 0 bridgehead atoms. The zero-order chi connectivity index (χ0) is 17.4. The molecule has 2 aromatic heterocycles. The molecule has 24 heavy (non-hydrogen) atoms. The van der Waals surface area contributed by atoms with Crippen molar-refractivity contribution in [1.29, 1.82) is 0 Å². The van der Waals surface area contributed by atoms with Crippen molar-refractivity contribution < 1.29 is 9.26 Å². The lowest BCUT2D eigenvalue weighted by atomic mass is 10.2. The van der Waals surface area contributed by atoms with Gasteiger partial charge in [-0.15, -0.1) is 0 Å². The molecule has 0 saturated heterocycles. The Kier molecular flexibility index (Phi) is 6.41. The van der Waals surface area contributed by atoms with E-state index in [2.05, 4.69) is 38.9 Å². The predicted molar refractivity (Wildman–Crippen MR) is 92.6 cm³/mol. The first kappa shape index (κ1) is 17.6. The SMILES string of the molecule is CC/C=C\C(C#Cc1ccc(-c2noc(C(C)OC)n2)cn1)=NC. The lowest BCUT2D eigenvalue weighted by molar-refractivity contribution is 0.0886. The van der Waals surface area contributed by atoms with Crippen LogP contribution in [0.15, 0.2) is 40.0 Å². The summed E-state index contributed by atoms with van der Waals surface area (Å²) in [6.07, 6.45) is 6.29. The molecule has 2 heterocycles. The van der Waals surface area contributed by atoms with Gasteiger partial charge in [-0.2, -0.15) is 4.98 Å². The van der Waals surface area contributed by atoms with Gasteiger partial charge in [0.1, 0.15) is 17.5 Å². The molecular formula is C18H20N4O2. The Labute approximate surface area is 141 Å². The third kappa shape index (κ3) is 4.61. The Bertz CT molecular complexity index is 779. The first-order valence-corrected chi connectivity index (χ1v) is 7.66. The molecule has 0 saturated carbocycles. The average Bonchev–Trinajstić information content (AvgIpc) is 3.12. The fourth-order valence-electron chi connectivity index (χ4n) is 1.75. The Morgan fingerprint density at radius 2 is 2.29 bits per heavy atom. The van der Waals surface area contributed by atoms with Crippen molar-refractivity contribution >= 4 is 5.71 Å². The molecule has 0 amide bonds. The van der Waals surface area contributed by atoms with Gasteiger partial charge in [-0.3, -0.25) is 4.99 Å². The molecule has 0 aliphatic carbocycles. The van der Waals surface area contributed by atoms with E-state index in [1.54, 1.807) is 20.4 Å². The van der Waals surface area contributed by atoms with Gasteiger partial charge >= 0.3 is 0 Å². The second-order valence-electron chi connectivity index (χ2n) is 4.94. The quantitative estimate of drug-likeness (QED) is 0.623. The van der Waals surface area contributed by atoms with Crippen molar-refractivity contribution in [2.45, 2.75) is 26.4 Å². The summed E-state index contributed by atoms with van der Waals surface area (Å²) < 4.78 is 10.3. The minimum Gasteiger partial charge on any atom is -0.372 e. The summed E-state index contributed by atoms with van der Waals surface area (Å²) in [5, 5.41) is 3.94. The van der Waals surface area contributed by atoms with E-state index in [1.165, 1.54) is 0 Å². The van der Waals surface area contributed by atoms with E-state index in [0.717, 1.165) is 17.7 Å². The molecule has 0 aliphatic rings. The summed E-state index contributed by atoms with van der Waals surface area (Å²) in [5.74, 6) is 6.89. The fourth-order valence-corrected chi connectivity index (χ4v) is 1.75. The minimum atomic E-state index is -0.243. The predicted octanol–water partition coefficient (Wildman–Crippen LogP) is 3.23. The Balaban J connectivity index is 2.14. The van der Waals surface area contributed by atoms with E-state index < -0.39 is 0 Å². The summed E-state index contributed by atoms with van der Waals surface area (Å²) in [6.45, 7) is 3.91. The van der Waals surface area contributed by atoms with Gasteiger partial charge in [-0.05, 0) is 43.4 Å². The largest absolute Gasteiger partial charge is 0.372 e. The molecule has 0 radical (unpaired) electrons. The number of pyridine rings is 1. The van der Waals surface area contributed by atoms with Crippen LogP contribution in [-0.2, 0) is 4.74 Å². The van der Waals surface area contributed by atoms with Crippen LogP contribution < -0.4 is 0 Å². The average molecular weight is 324 g/mol. The molecule has 2 rings (SSSR count). The zero-order valence-corrected chi connectivity index (χ0v) is 14.3. The second-order valence-corrected chi connectivity index (χ2v) is 4.94. The van der Waals surface area contributed by atoms with Gasteiger partial charge in [0.05, 0.1) is 0 Å². The summed E-state index contributed by atoms with van der Waals surface area (Å²) >= 11 is 0. The highest BCUT2D eigenvalue weighted by Gasteiger charge is 2.14. The van der Waals surface area contributed by atoms with Crippen LogP contribution in [0.1, 0.15) is 38.0 Å². The van der Waals surface area contributed by atoms with Gasteiger partial charge in [0.15, 0.2) is 0 Å². The molecule has 1 atom stereocenters. The zero-order valence-electron chi connectivity index (χ0n) is 14.3. The molecule has 124 valence electrons. The van der Waals surface area contributed by atoms with Crippen LogP contribution in [0, 0.1) is 11.8 Å². The molecule has 1 unspecified atom stereocenters. The van der Waals surface area contributed by atoms with Crippen LogP contribution in [-0.4, -0.2) is 35.0 Å². The highest BCUT2D eigenvalue weighted by molar-refractivity contribution is 6.08. The van der Waals surface area contributed by atoms with Crippen LogP contribution in [0.3, 0.4) is 0 Å². The molecule has 0 aliphatic heterocycles. The van der Waals surface area contributed by atoms with Crippen LogP contribution >= 0.6 is 0 Å². The summed E-state index contributed by atoms with van der Waals surface area (Å²) in [4.78, 5) is 12.7. The van der Waals surface area contributed by atoms with Crippen molar-refractivity contribution in [3.05, 3.63) is 42.1 Å². The van der Waals surface area contributed by atoms with Gasteiger partial charge in [-0.25, -0.2) is 4.98 Å². The fraction of sp³-hybridized carbons (Fsp3) is 0.333. The number of rotatable bonds is 5. The molecule has 2 aromatic rings. The minimum absolute atomic E-state index is 0.243. The number of allylic oxidation sites excluding steroid dienone is 2. The van der Waals surface area contributed by atoms with E-state index in [4.69, 9.17) is 9.26 Å². The lowest BCUT2D eigenvalue weighted by Crippen LogP contribution is -1.95. The van der Waals surface area contributed by atoms with Gasteiger partial charge < -0.3 is 9.26 Å². The van der Waals surface area contributed by atoms with Crippen molar-refractivity contribution in [1.82, 2.24) is 15.1 Å². The Morgan fingerprint density at radius 3 is 2.92 bits per heavy atom. The molecule has 0 spiro atoms. The highest BCUT2D eigenvalue weighted by atomic mass is 16.5. The smallest absolute Gasteiger partial charge is 0.255 e. The monoisotopic (exact) mass is 324 g/mol. The highest BCUT2D eigenvalue weighted by Crippen LogP contribution is 2.19. The normalized spacial score (nSPS) is 12.9. The van der Waals surface area contributed by atoms with Crippen molar-refractivity contribution in [3.8, 4) is 23.2 Å². The van der Waals surface area contributed by atoms with E-state index in [0.29, 0.717) is 17.4 Å². The maximum absolute atomic E-state index is 5.17. The van der Waals surface area contributed by atoms with Gasteiger partial charge in [0.2, 0.25) is 5.82 Å². The van der Waals surface area contributed by atoms with Gasteiger partial charge in [0.25, 0.3) is 5.89 Å². The molecule has 0 N–H and O–H groups in total. The van der Waals surface area contributed by atoms with Crippen LogP contribution in [0.4, 0.5) is 0 Å². The number of nitrogens with zero attached hydrogens (tertiary/aromatic N) is 4. The van der Waals surface area contributed by atoms with Crippen LogP contribution in [0.2, 0.25) is 0 Å². The number of aliphatic imine (C=N–C) groups is 1. The van der Waals surface area contributed by atoms with Gasteiger partial charge in [0, 0.05) is 25.9 Å². The molecule has 6 nitrogen and oxygen atoms in total. The maximum atomic E-state index is 5.17. The third-order valence-electron chi connectivity index (χ3n) is 3.24. The van der Waals surface area contributed by atoms with E-state index in [1.807, 2.05) is 31.2 Å². The van der Waals surface area contributed by atoms with E-state index in [9.17, 15) is 0 Å². The summed E-state index contributed by atoms with van der Waals surface area (Å²) in [5.41, 5.74) is 2.13. The molecular weight excluding hydrogens is 304 g/mol. The lowest BCUT2D eigenvalue weighted by Gasteiger charge is -2.00. The Hall–Kier alpha value is -2.78. The Morgan fingerprint density at radius 1 is 1.46 bits per heavy atom. The number of hydrogen-bond donors (Lipinski definition) is 0. The second kappa shape index (κ2) is 8.75. The first-order chi connectivity index (χ1) is 11.7. The van der Waals surface area contributed by atoms with Crippen molar-refractivity contribution in [2.24, 2.45) is 4.99 Å². The number of methoxy groups -OCH3 is 1. The maximum Gasteiger partial charge on any atom is 0.255 e. The van der Waals surface area contributed by atoms with Crippen LogP contribution in [0.5, 0.6) is 0 Å². The molecule has 0 aromatic carbocycles. The standard InChI is InChI=1S/C18H20N4O2/c1-5-6-7-15(19-3)10-11-16-9-8-14(12-20-16)17-21-18(24-22-17)13(2)23-4/h6-9,12-13H,5H2,1-4H3/b7-6-,19-15?.